The van der Waals surface area contributed by atoms with E-state index in [2.05, 4.69) is 34.3 Å². The molecule has 0 aromatic rings. The Morgan fingerprint density at radius 3 is 2.48 bits per heavy atom. The molecule has 6 heteroatoms. The van der Waals surface area contributed by atoms with Crippen LogP contribution >= 0.6 is 22.6 Å². The molecule has 0 aliphatic heterocycles. The van der Waals surface area contributed by atoms with Gasteiger partial charge in [-0.05, 0) is 38.0 Å². The van der Waals surface area contributed by atoms with Crippen LogP contribution in [0, 0.1) is 5.92 Å². The van der Waals surface area contributed by atoms with Crippen molar-refractivity contribution in [2.45, 2.75) is 87.3 Å². The van der Waals surface area contributed by atoms with Gasteiger partial charge in [0.05, 0.1) is 6.10 Å². The van der Waals surface area contributed by atoms with Crippen molar-refractivity contribution in [3.05, 3.63) is 0 Å². The molecule has 126 valence electrons. The first kappa shape index (κ1) is 19.5. The molecule has 0 aromatic carbocycles. The third kappa shape index (κ3) is 6.59. The summed E-state index contributed by atoms with van der Waals surface area (Å²) < 4.78 is 59.7. The highest BCUT2D eigenvalue weighted by molar-refractivity contribution is 14.1. The van der Waals surface area contributed by atoms with Crippen LogP contribution in [0.3, 0.4) is 0 Å². The van der Waals surface area contributed by atoms with Gasteiger partial charge < -0.3 is 4.74 Å². The summed E-state index contributed by atoms with van der Waals surface area (Å²) in [6.07, 6.45) is -5.16. The minimum Gasteiger partial charge on any atom is -0.314 e. The monoisotopic (exact) mass is 424 g/mol. The number of alkyl halides is 5. The molecule has 1 saturated carbocycles. The van der Waals surface area contributed by atoms with Crippen LogP contribution < -0.4 is 0 Å². The van der Waals surface area contributed by atoms with E-state index in [4.69, 9.17) is 0 Å². The second kappa shape index (κ2) is 8.89. The molecule has 0 bridgehead atoms. The molecule has 0 amide bonds. The van der Waals surface area contributed by atoms with Gasteiger partial charge in [0.2, 0.25) is 0 Å². The van der Waals surface area contributed by atoms with E-state index in [0.29, 0.717) is 23.2 Å². The van der Waals surface area contributed by atoms with Crippen molar-refractivity contribution < 1.29 is 22.3 Å². The maximum Gasteiger partial charge on any atom is 0.356 e. The lowest BCUT2D eigenvalue weighted by Crippen LogP contribution is -2.45. The number of halogens is 5. The van der Waals surface area contributed by atoms with Gasteiger partial charge in [0.25, 0.3) is 0 Å². The van der Waals surface area contributed by atoms with Gasteiger partial charge in [0.15, 0.2) is 6.17 Å². The summed E-state index contributed by atoms with van der Waals surface area (Å²) in [5, 5.41) is 0. The normalized spacial score (nSPS) is 32.1. The van der Waals surface area contributed by atoms with Crippen LogP contribution in [0.2, 0.25) is 0 Å². The molecule has 1 rings (SSSR count). The van der Waals surface area contributed by atoms with Crippen molar-refractivity contribution >= 4 is 22.6 Å². The summed E-state index contributed by atoms with van der Waals surface area (Å²) in [5.74, 6) is -0.428. The summed E-state index contributed by atoms with van der Waals surface area (Å²) in [6.45, 7) is 3.65. The van der Waals surface area contributed by atoms with Crippen LogP contribution in [-0.4, -0.2) is 28.5 Å². The summed E-state index contributed by atoms with van der Waals surface area (Å²) in [4.78, 5) is 0. The molecule has 0 N–H and O–H groups in total. The maximum absolute atomic E-state index is 13.7. The first-order chi connectivity index (χ1) is 9.76. The topological polar surface area (TPSA) is 9.23 Å². The Kier molecular flexibility index (Phi) is 8.24. The second-order valence-electron chi connectivity index (χ2n) is 6.02. The minimum atomic E-state index is -3.36. The Balaban J connectivity index is 2.37. The highest BCUT2D eigenvalue weighted by Gasteiger charge is 2.44. The SMILES string of the molecule is CCCC(I)CCCC(F)(F)OC1CCC(C)C(F)C1F. The molecule has 0 saturated heterocycles. The van der Waals surface area contributed by atoms with Crippen LogP contribution in [0.25, 0.3) is 0 Å². The summed E-state index contributed by atoms with van der Waals surface area (Å²) in [5.41, 5.74) is 0. The van der Waals surface area contributed by atoms with Gasteiger partial charge in [-0.3, -0.25) is 0 Å². The van der Waals surface area contributed by atoms with Crippen LogP contribution in [-0.2, 0) is 4.74 Å². The van der Waals surface area contributed by atoms with Crippen molar-refractivity contribution in [3.8, 4) is 0 Å². The van der Waals surface area contributed by atoms with Crippen LogP contribution in [0.1, 0.15) is 58.8 Å². The van der Waals surface area contributed by atoms with Crippen LogP contribution in [0.5, 0.6) is 0 Å². The molecule has 0 radical (unpaired) electrons. The van der Waals surface area contributed by atoms with Gasteiger partial charge >= 0.3 is 6.11 Å². The molecule has 1 nitrogen and oxygen atoms in total. The van der Waals surface area contributed by atoms with E-state index in [-0.39, 0.29) is 6.42 Å². The van der Waals surface area contributed by atoms with Crippen molar-refractivity contribution in [2.75, 3.05) is 0 Å². The molecule has 21 heavy (non-hydrogen) atoms. The number of rotatable bonds is 8. The average Bonchev–Trinajstić information content (AvgIpc) is 2.39. The van der Waals surface area contributed by atoms with Gasteiger partial charge in [-0.25, -0.2) is 8.78 Å². The Bertz CT molecular complexity index is 303. The van der Waals surface area contributed by atoms with E-state index < -0.39 is 36.9 Å². The Hall–Kier alpha value is 0.410. The van der Waals surface area contributed by atoms with E-state index in [1.54, 1.807) is 6.92 Å². The predicted octanol–water partition coefficient (Wildman–Crippen LogP) is 5.84. The quantitative estimate of drug-likeness (QED) is 0.270. The summed E-state index contributed by atoms with van der Waals surface area (Å²) in [6, 6.07) is 0. The zero-order valence-corrected chi connectivity index (χ0v) is 14.8. The largest absolute Gasteiger partial charge is 0.356 e. The van der Waals surface area contributed by atoms with E-state index >= 15 is 0 Å². The molecule has 5 unspecified atom stereocenters. The Morgan fingerprint density at radius 2 is 1.86 bits per heavy atom. The van der Waals surface area contributed by atoms with Gasteiger partial charge in [0.1, 0.15) is 6.17 Å². The first-order valence-corrected chi connectivity index (χ1v) is 8.99. The molecule has 5 atom stereocenters. The number of ether oxygens (including phenoxy) is 1. The zero-order chi connectivity index (χ0) is 16.0. The molecular formula is C15H25F4IO. The predicted molar refractivity (Wildman–Crippen MR) is 84.6 cm³/mol. The van der Waals surface area contributed by atoms with E-state index in [0.717, 1.165) is 12.8 Å². The van der Waals surface area contributed by atoms with Gasteiger partial charge in [-0.15, -0.1) is 0 Å². The molecule has 0 aromatic heterocycles. The van der Waals surface area contributed by atoms with E-state index in [1.807, 2.05) is 0 Å². The minimum absolute atomic E-state index is 0.156. The van der Waals surface area contributed by atoms with Crippen molar-refractivity contribution in [1.29, 1.82) is 0 Å². The maximum atomic E-state index is 13.7. The van der Waals surface area contributed by atoms with Crippen molar-refractivity contribution in [1.82, 2.24) is 0 Å². The molecule has 1 aliphatic carbocycles. The molecule has 1 aliphatic rings. The molecule has 0 spiro atoms. The average molecular weight is 424 g/mol. The van der Waals surface area contributed by atoms with E-state index in [1.165, 1.54) is 0 Å². The fraction of sp³-hybridized carbons (Fsp3) is 1.00. The Labute approximate surface area is 138 Å². The lowest BCUT2D eigenvalue weighted by molar-refractivity contribution is -0.284. The smallest absolute Gasteiger partial charge is 0.314 e. The van der Waals surface area contributed by atoms with Crippen LogP contribution in [0.4, 0.5) is 17.6 Å². The molecular weight excluding hydrogens is 399 g/mol. The molecule has 1 fully saturated rings. The summed E-state index contributed by atoms with van der Waals surface area (Å²) >= 11 is 2.26. The Morgan fingerprint density at radius 1 is 1.19 bits per heavy atom. The number of hydrogen-bond donors (Lipinski definition) is 0. The molecule has 0 heterocycles. The van der Waals surface area contributed by atoms with Crippen molar-refractivity contribution in [2.24, 2.45) is 5.92 Å². The van der Waals surface area contributed by atoms with Gasteiger partial charge in [-0.1, -0.05) is 42.9 Å². The lowest BCUT2D eigenvalue weighted by Gasteiger charge is -2.35. The zero-order valence-electron chi connectivity index (χ0n) is 12.6. The highest BCUT2D eigenvalue weighted by Crippen LogP contribution is 2.36. The highest BCUT2D eigenvalue weighted by atomic mass is 127. The fourth-order valence-electron chi connectivity index (χ4n) is 2.66. The lowest BCUT2D eigenvalue weighted by atomic mass is 9.85. The van der Waals surface area contributed by atoms with Gasteiger partial charge in [0, 0.05) is 10.3 Å². The van der Waals surface area contributed by atoms with Crippen LogP contribution in [0.15, 0.2) is 0 Å². The third-order valence-electron chi connectivity index (χ3n) is 4.02. The second-order valence-corrected chi connectivity index (χ2v) is 7.78. The van der Waals surface area contributed by atoms with Gasteiger partial charge in [-0.2, -0.15) is 8.78 Å². The van der Waals surface area contributed by atoms with E-state index in [9.17, 15) is 17.6 Å². The van der Waals surface area contributed by atoms with Crippen molar-refractivity contribution in [3.63, 3.8) is 0 Å². The fourth-order valence-corrected chi connectivity index (χ4v) is 3.72. The summed E-state index contributed by atoms with van der Waals surface area (Å²) in [7, 11) is 0. The first-order valence-electron chi connectivity index (χ1n) is 7.74. The third-order valence-corrected chi connectivity index (χ3v) is 5.27. The standard InChI is InChI=1S/C15H25F4IO/c1-3-5-11(20)6-4-9-15(18,19)21-12-8-7-10(2)13(16)14(12)17/h10-14H,3-9H2,1-2H3. The number of hydrogen-bond acceptors (Lipinski definition) is 1.